The number of anilines is 1. The van der Waals surface area contributed by atoms with Crippen LogP contribution < -0.4 is 10.0 Å². The van der Waals surface area contributed by atoms with E-state index in [4.69, 9.17) is 0 Å². The Morgan fingerprint density at radius 1 is 1.00 bits per heavy atom. The third kappa shape index (κ3) is 3.63. The van der Waals surface area contributed by atoms with Gasteiger partial charge in [-0.2, -0.15) is 26.3 Å². The second-order valence-electron chi connectivity index (χ2n) is 9.02. The highest BCUT2D eigenvalue weighted by Gasteiger charge is 2.79. The molecule has 3 aliphatic carbocycles. The minimum Gasteiger partial charge on any atom is -0.346 e. The smallest absolute Gasteiger partial charge is 0.346 e. The van der Waals surface area contributed by atoms with Crippen LogP contribution in [0.2, 0.25) is 0 Å². The Morgan fingerprint density at radius 2 is 1.53 bits per heavy atom. The topological polar surface area (TPSA) is 75.3 Å². The molecule has 0 unspecified atom stereocenters. The van der Waals surface area contributed by atoms with Crippen LogP contribution in [0.5, 0.6) is 0 Å². The van der Waals surface area contributed by atoms with Crippen LogP contribution in [0.25, 0.3) is 0 Å². The van der Waals surface area contributed by atoms with Crippen LogP contribution in [0.3, 0.4) is 0 Å². The number of benzene rings is 1. The van der Waals surface area contributed by atoms with Gasteiger partial charge in [-0.05, 0) is 58.2 Å². The van der Waals surface area contributed by atoms with Gasteiger partial charge in [0.25, 0.3) is 5.91 Å². The number of sulfonamides is 1. The highest BCUT2D eigenvalue weighted by atomic mass is 32.2. The van der Waals surface area contributed by atoms with Crippen molar-refractivity contribution in [1.29, 1.82) is 0 Å². The van der Waals surface area contributed by atoms with Gasteiger partial charge in [-0.1, -0.05) is 0 Å². The number of carbonyl (C=O) groups is 1. The first-order valence-corrected chi connectivity index (χ1v) is 10.4. The fraction of sp³-hybridized carbons (Fsp3) is 0.611. The van der Waals surface area contributed by atoms with E-state index < -0.39 is 55.1 Å². The molecule has 3 fully saturated rings. The number of hydrogen-bond acceptors (Lipinski definition) is 3. The summed E-state index contributed by atoms with van der Waals surface area (Å²) >= 11 is 0. The monoisotopic (exact) mass is 458 g/mol. The molecule has 30 heavy (non-hydrogen) atoms. The van der Waals surface area contributed by atoms with Crippen molar-refractivity contribution in [3.05, 3.63) is 29.3 Å². The summed E-state index contributed by atoms with van der Waals surface area (Å²) in [5.74, 6) is -1.07. The van der Waals surface area contributed by atoms with E-state index in [0.29, 0.717) is 12.1 Å². The maximum absolute atomic E-state index is 13.1. The lowest BCUT2D eigenvalue weighted by Crippen LogP contribution is -2.78. The Kier molecular flexibility index (Phi) is 4.74. The van der Waals surface area contributed by atoms with Crippen LogP contribution in [-0.2, 0) is 16.2 Å². The van der Waals surface area contributed by atoms with Crippen LogP contribution in [0.15, 0.2) is 18.2 Å². The van der Waals surface area contributed by atoms with Crippen LogP contribution in [0.1, 0.15) is 56.0 Å². The third-order valence-electron chi connectivity index (χ3n) is 5.65. The summed E-state index contributed by atoms with van der Waals surface area (Å²) in [5, 5.41) is 2.37. The molecule has 5 nitrogen and oxygen atoms in total. The summed E-state index contributed by atoms with van der Waals surface area (Å²) in [5.41, 5.74) is -5.17. The zero-order valence-electron chi connectivity index (χ0n) is 16.3. The number of amides is 1. The Morgan fingerprint density at radius 3 is 1.97 bits per heavy atom. The second-order valence-corrected chi connectivity index (χ2v) is 11.5. The molecule has 0 atom stereocenters. The van der Waals surface area contributed by atoms with Crippen molar-refractivity contribution >= 4 is 21.6 Å². The van der Waals surface area contributed by atoms with Crippen LogP contribution >= 0.6 is 0 Å². The Bertz CT molecular complexity index is 973. The molecule has 0 saturated heterocycles. The molecule has 3 aliphatic rings. The largest absolute Gasteiger partial charge is 0.416 e. The van der Waals surface area contributed by atoms with Crippen molar-refractivity contribution in [1.82, 2.24) is 5.32 Å². The minimum absolute atomic E-state index is 0.350. The van der Waals surface area contributed by atoms with Gasteiger partial charge in [0.15, 0.2) is 0 Å². The van der Waals surface area contributed by atoms with Crippen molar-refractivity contribution in [2.75, 3.05) is 4.72 Å². The van der Waals surface area contributed by atoms with Gasteiger partial charge in [0, 0.05) is 5.54 Å². The van der Waals surface area contributed by atoms with Crippen LogP contribution in [-0.4, -0.2) is 30.8 Å². The zero-order chi connectivity index (χ0) is 23.0. The number of carbonyl (C=O) groups excluding carboxylic acids is 1. The molecule has 12 heteroatoms. The molecule has 0 aliphatic heterocycles. The molecule has 168 valence electrons. The molecule has 3 saturated carbocycles. The maximum atomic E-state index is 13.1. The highest BCUT2D eigenvalue weighted by Crippen LogP contribution is 2.73. The first-order chi connectivity index (χ1) is 13.3. The fourth-order valence-corrected chi connectivity index (χ4v) is 4.60. The molecule has 0 aromatic heterocycles. The number of rotatable bonds is 4. The normalized spacial score (nSPS) is 26.4. The molecule has 0 heterocycles. The predicted octanol–water partition coefficient (Wildman–Crippen LogP) is 4.46. The van der Waals surface area contributed by atoms with Crippen molar-refractivity contribution in [2.24, 2.45) is 5.41 Å². The number of nitrogens with one attached hydrogen (secondary N) is 2. The molecule has 4 rings (SSSR count). The van der Waals surface area contributed by atoms with E-state index in [1.54, 1.807) is 0 Å². The average molecular weight is 458 g/mol. The van der Waals surface area contributed by atoms with Gasteiger partial charge < -0.3 is 5.32 Å². The van der Waals surface area contributed by atoms with Gasteiger partial charge in [0.1, 0.15) is 0 Å². The van der Waals surface area contributed by atoms with Crippen LogP contribution in [0.4, 0.5) is 32.0 Å². The van der Waals surface area contributed by atoms with E-state index in [1.807, 2.05) is 0 Å². The van der Waals surface area contributed by atoms with E-state index in [-0.39, 0.29) is 24.9 Å². The molecule has 0 spiro atoms. The lowest BCUT2D eigenvalue weighted by Gasteiger charge is -2.70. The average Bonchev–Trinajstić information content (AvgIpc) is 2.45. The van der Waals surface area contributed by atoms with Crippen molar-refractivity contribution < 1.29 is 39.6 Å². The summed E-state index contributed by atoms with van der Waals surface area (Å²) in [6, 6.07) is 1.93. The molecule has 1 aromatic carbocycles. The Hall–Kier alpha value is -1.98. The van der Waals surface area contributed by atoms with Gasteiger partial charge in [-0.25, -0.2) is 8.42 Å². The molecule has 1 amide bonds. The van der Waals surface area contributed by atoms with Gasteiger partial charge in [-0.15, -0.1) is 0 Å². The van der Waals surface area contributed by atoms with E-state index in [0.717, 1.165) is 6.07 Å². The lowest BCUT2D eigenvalue weighted by atomic mass is 9.39. The SMILES string of the molecule is CC(C)(C)S(=O)(=O)Nc1ccc(C(F)(F)F)cc1C(=O)NC12CC(C(F)(F)F)(C1)C2. The van der Waals surface area contributed by atoms with Gasteiger partial charge in [-0.3, -0.25) is 9.52 Å². The summed E-state index contributed by atoms with van der Waals surface area (Å²) in [7, 11) is -4.07. The van der Waals surface area contributed by atoms with E-state index >= 15 is 0 Å². The summed E-state index contributed by atoms with van der Waals surface area (Å²) < 4.78 is 104. The lowest BCUT2D eigenvalue weighted by molar-refractivity contribution is -0.336. The minimum atomic E-state index is -4.80. The summed E-state index contributed by atoms with van der Waals surface area (Å²) in [4.78, 5) is 12.7. The molecule has 2 bridgehead atoms. The number of halogens is 6. The van der Waals surface area contributed by atoms with E-state index in [1.165, 1.54) is 20.8 Å². The molecule has 1 aromatic rings. The van der Waals surface area contributed by atoms with Crippen molar-refractivity contribution in [3.8, 4) is 0 Å². The maximum Gasteiger partial charge on any atom is 0.416 e. The molecular formula is C18H20F6N2O3S. The Balaban J connectivity index is 1.89. The summed E-state index contributed by atoms with van der Waals surface area (Å²) in [6.07, 6.45) is -10.3. The molecule has 2 N–H and O–H groups in total. The predicted molar refractivity (Wildman–Crippen MR) is 96.3 cm³/mol. The van der Waals surface area contributed by atoms with Crippen molar-refractivity contribution in [3.63, 3.8) is 0 Å². The standard InChI is InChI=1S/C18H20F6N2O3S/c1-14(2,3)30(28,29)26-12-5-4-10(17(19,20)21)6-11(12)13(27)25-16-7-15(8-16,9-16)18(22,23)24/h4-6,26H,7-9H2,1-3H3,(H,25,27). The van der Waals surface area contributed by atoms with Crippen LogP contribution in [0, 0.1) is 5.41 Å². The van der Waals surface area contributed by atoms with Gasteiger partial charge in [0.2, 0.25) is 10.0 Å². The van der Waals surface area contributed by atoms with E-state index in [2.05, 4.69) is 10.0 Å². The quantitative estimate of drug-likeness (QED) is 0.655. The van der Waals surface area contributed by atoms with Crippen molar-refractivity contribution in [2.45, 2.75) is 62.7 Å². The first kappa shape index (κ1) is 22.7. The van der Waals surface area contributed by atoms with Gasteiger partial charge in [0.05, 0.1) is 27.0 Å². The highest BCUT2D eigenvalue weighted by molar-refractivity contribution is 7.94. The Labute approximate surface area is 169 Å². The number of hydrogen-bond donors (Lipinski definition) is 2. The fourth-order valence-electron chi connectivity index (χ4n) is 3.82. The number of alkyl halides is 6. The second kappa shape index (κ2) is 6.27. The molecule has 0 radical (unpaired) electrons. The molecular weight excluding hydrogens is 438 g/mol. The van der Waals surface area contributed by atoms with E-state index in [9.17, 15) is 39.6 Å². The third-order valence-corrected chi connectivity index (χ3v) is 7.75. The summed E-state index contributed by atoms with van der Waals surface area (Å²) in [6.45, 7) is 4.08. The first-order valence-electron chi connectivity index (χ1n) is 8.94. The zero-order valence-corrected chi connectivity index (χ0v) is 17.1. The van der Waals surface area contributed by atoms with Gasteiger partial charge >= 0.3 is 12.4 Å².